The van der Waals surface area contributed by atoms with Crippen molar-refractivity contribution in [2.45, 2.75) is 26.5 Å². The van der Waals surface area contributed by atoms with Crippen LogP contribution in [0.1, 0.15) is 24.5 Å². The third-order valence-corrected chi connectivity index (χ3v) is 5.10. The van der Waals surface area contributed by atoms with E-state index in [1.807, 2.05) is 37.3 Å². The maximum Gasteiger partial charge on any atom is 0.213 e. The van der Waals surface area contributed by atoms with Gasteiger partial charge in [-0.15, -0.1) is 0 Å². The van der Waals surface area contributed by atoms with Crippen molar-refractivity contribution in [2.24, 2.45) is 0 Å². The average molecular weight is 479 g/mol. The number of rotatable bonds is 12. The minimum atomic E-state index is -0.396. The molecule has 0 aliphatic rings. The number of aromatic nitrogens is 1. The van der Waals surface area contributed by atoms with Crippen LogP contribution in [0.25, 0.3) is 0 Å². The molecule has 0 bridgehead atoms. The summed E-state index contributed by atoms with van der Waals surface area (Å²) in [5.74, 6) is 1.21. The number of ether oxygens (including phenoxy) is 3. The van der Waals surface area contributed by atoms with Gasteiger partial charge in [0.15, 0.2) is 11.5 Å². The fraction of sp³-hybridized carbons (Fsp3) is 0.292. The van der Waals surface area contributed by atoms with Crippen LogP contribution in [0.15, 0.2) is 54.7 Å². The topological polar surface area (TPSA) is 52.6 Å². The van der Waals surface area contributed by atoms with Gasteiger partial charge in [-0.1, -0.05) is 35.3 Å². The molecule has 0 unspecified atom stereocenters. The zero-order chi connectivity index (χ0) is 22.8. The van der Waals surface area contributed by atoms with Gasteiger partial charge in [-0.05, 0) is 55.8 Å². The molecule has 32 heavy (non-hydrogen) atoms. The Hall–Kier alpha value is -2.54. The van der Waals surface area contributed by atoms with Gasteiger partial charge in [0.25, 0.3) is 0 Å². The van der Waals surface area contributed by atoms with Crippen molar-refractivity contribution in [3.8, 4) is 17.4 Å². The summed E-state index contributed by atoms with van der Waals surface area (Å²) in [5, 5.41) is 4.10. The first-order valence-corrected chi connectivity index (χ1v) is 11.1. The van der Waals surface area contributed by atoms with Crippen LogP contribution in [0.2, 0.25) is 10.0 Å². The Morgan fingerprint density at radius 3 is 2.62 bits per heavy atom. The largest absolute Gasteiger partial charge is 0.490 e. The zero-order valence-electron chi connectivity index (χ0n) is 17.7. The van der Waals surface area contributed by atoms with Crippen molar-refractivity contribution in [2.75, 3.05) is 19.8 Å². The van der Waals surface area contributed by atoms with Crippen molar-refractivity contribution in [3.05, 3.63) is 81.7 Å². The Kier molecular flexibility index (Phi) is 9.41. The lowest BCUT2D eigenvalue weighted by atomic mass is 10.2. The van der Waals surface area contributed by atoms with Crippen LogP contribution in [-0.4, -0.2) is 24.7 Å². The van der Waals surface area contributed by atoms with Crippen LogP contribution in [0, 0.1) is 5.82 Å². The van der Waals surface area contributed by atoms with Crippen LogP contribution in [0.5, 0.6) is 17.4 Å². The Bertz CT molecular complexity index is 1010. The fourth-order valence-corrected chi connectivity index (χ4v) is 3.46. The van der Waals surface area contributed by atoms with E-state index in [0.717, 1.165) is 18.5 Å². The standard InChI is InChI=1S/C24H25Cl2FN2O3/c1-2-30-22-13-17(15-28-9-5-11-31-23-6-3-4-10-29-23)12-21(26)24(22)32-16-18-7-8-19(27)14-20(18)25/h3-4,6-8,10,12-14,28H,2,5,9,11,15-16H2,1H3. The summed E-state index contributed by atoms with van der Waals surface area (Å²) in [4.78, 5) is 4.13. The SMILES string of the molecule is CCOc1cc(CNCCCOc2ccccn2)cc(Cl)c1OCc1ccc(F)cc1Cl. The molecule has 2 aromatic carbocycles. The number of halogens is 3. The highest BCUT2D eigenvalue weighted by Gasteiger charge is 2.14. The third-order valence-electron chi connectivity index (χ3n) is 4.47. The van der Waals surface area contributed by atoms with E-state index >= 15 is 0 Å². The Balaban J connectivity index is 1.53. The van der Waals surface area contributed by atoms with Gasteiger partial charge < -0.3 is 19.5 Å². The lowest BCUT2D eigenvalue weighted by Gasteiger charge is -2.16. The van der Waals surface area contributed by atoms with Gasteiger partial charge in [-0.2, -0.15) is 0 Å². The molecular weight excluding hydrogens is 454 g/mol. The van der Waals surface area contributed by atoms with Gasteiger partial charge >= 0.3 is 0 Å². The van der Waals surface area contributed by atoms with Crippen LogP contribution in [0.3, 0.4) is 0 Å². The fourth-order valence-electron chi connectivity index (χ4n) is 2.95. The van der Waals surface area contributed by atoms with E-state index in [9.17, 15) is 4.39 Å². The van der Waals surface area contributed by atoms with Gasteiger partial charge in [-0.3, -0.25) is 0 Å². The zero-order valence-corrected chi connectivity index (χ0v) is 19.3. The molecule has 0 aliphatic carbocycles. The highest BCUT2D eigenvalue weighted by atomic mass is 35.5. The van der Waals surface area contributed by atoms with Crippen molar-refractivity contribution in [1.29, 1.82) is 0 Å². The predicted molar refractivity (Wildman–Crippen MR) is 124 cm³/mol. The normalized spacial score (nSPS) is 10.8. The molecule has 0 saturated carbocycles. The van der Waals surface area contributed by atoms with Gasteiger partial charge in [0.2, 0.25) is 5.88 Å². The van der Waals surface area contributed by atoms with E-state index in [-0.39, 0.29) is 6.61 Å². The van der Waals surface area contributed by atoms with Gasteiger partial charge in [0.1, 0.15) is 12.4 Å². The summed E-state index contributed by atoms with van der Waals surface area (Å²) in [6.45, 7) is 4.47. The first-order valence-electron chi connectivity index (χ1n) is 10.3. The van der Waals surface area contributed by atoms with E-state index in [4.69, 9.17) is 37.4 Å². The number of hydrogen-bond acceptors (Lipinski definition) is 5. The summed E-state index contributed by atoms with van der Waals surface area (Å²) in [6, 6.07) is 13.5. The first kappa shape index (κ1) is 24.1. The highest BCUT2D eigenvalue weighted by molar-refractivity contribution is 6.32. The lowest BCUT2D eigenvalue weighted by molar-refractivity contribution is 0.269. The Labute approximate surface area is 197 Å². The second-order valence-corrected chi connectivity index (χ2v) is 7.72. The van der Waals surface area contributed by atoms with E-state index in [1.54, 1.807) is 12.3 Å². The highest BCUT2D eigenvalue weighted by Crippen LogP contribution is 2.37. The van der Waals surface area contributed by atoms with Crippen LogP contribution in [-0.2, 0) is 13.2 Å². The van der Waals surface area contributed by atoms with E-state index in [0.29, 0.717) is 52.7 Å². The summed E-state index contributed by atoms with van der Waals surface area (Å²) < 4.78 is 30.4. The van der Waals surface area contributed by atoms with Gasteiger partial charge in [0.05, 0.1) is 23.3 Å². The number of nitrogens with one attached hydrogen (secondary N) is 1. The lowest BCUT2D eigenvalue weighted by Crippen LogP contribution is -2.17. The molecule has 0 aliphatic heterocycles. The van der Waals surface area contributed by atoms with Crippen LogP contribution < -0.4 is 19.5 Å². The summed E-state index contributed by atoms with van der Waals surface area (Å²) in [6.07, 6.45) is 2.54. The van der Waals surface area contributed by atoms with Crippen LogP contribution >= 0.6 is 23.2 Å². The number of nitrogens with zero attached hydrogens (tertiary/aromatic N) is 1. The molecule has 1 heterocycles. The van der Waals surface area contributed by atoms with Crippen molar-refractivity contribution < 1.29 is 18.6 Å². The summed E-state index contributed by atoms with van der Waals surface area (Å²) >= 11 is 12.6. The Morgan fingerprint density at radius 1 is 1.00 bits per heavy atom. The second-order valence-electron chi connectivity index (χ2n) is 6.91. The van der Waals surface area contributed by atoms with Crippen molar-refractivity contribution >= 4 is 23.2 Å². The maximum atomic E-state index is 13.3. The molecule has 0 spiro atoms. The van der Waals surface area contributed by atoms with Crippen LogP contribution in [0.4, 0.5) is 4.39 Å². The molecule has 5 nitrogen and oxygen atoms in total. The molecular formula is C24H25Cl2FN2O3. The van der Waals surface area contributed by atoms with E-state index in [2.05, 4.69) is 10.3 Å². The smallest absolute Gasteiger partial charge is 0.213 e. The average Bonchev–Trinajstić information content (AvgIpc) is 2.77. The molecule has 3 rings (SSSR count). The molecule has 0 fully saturated rings. The molecule has 8 heteroatoms. The quantitative estimate of drug-likeness (QED) is 0.320. The monoisotopic (exact) mass is 478 g/mol. The number of pyridine rings is 1. The summed E-state index contributed by atoms with van der Waals surface area (Å²) in [5.41, 5.74) is 1.63. The number of benzene rings is 2. The van der Waals surface area contributed by atoms with Gasteiger partial charge in [0, 0.05) is 24.4 Å². The molecule has 1 aromatic heterocycles. The molecule has 170 valence electrons. The molecule has 3 aromatic rings. The predicted octanol–water partition coefficient (Wildman–Crippen LogP) is 6.06. The third kappa shape index (κ3) is 7.26. The van der Waals surface area contributed by atoms with Crippen molar-refractivity contribution in [1.82, 2.24) is 10.3 Å². The number of hydrogen-bond donors (Lipinski definition) is 1. The molecule has 0 atom stereocenters. The van der Waals surface area contributed by atoms with E-state index in [1.165, 1.54) is 12.1 Å². The second kappa shape index (κ2) is 12.5. The minimum Gasteiger partial charge on any atom is -0.490 e. The molecule has 0 saturated heterocycles. The molecule has 0 radical (unpaired) electrons. The molecule has 1 N–H and O–H groups in total. The Morgan fingerprint density at radius 2 is 1.88 bits per heavy atom. The van der Waals surface area contributed by atoms with Crippen molar-refractivity contribution in [3.63, 3.8) is 0 Å². The summed E-state index contributed by atoms with van der Waals surface area (Å²) in [7, 11) is 0. The molecule has 0 amide bonds. The minimum absolute atomic E-state index is 0.146. The first-order chi connectivity index (χ1) is 15.6. The maximum absolute atomic E-state index is 13.3. The van der Waals surface area contributed by atoms with Gasteiger partial charge in [-0.25, -0.2) is 9.37 Å². The van der Waals surface area contributed by atoms with E-state index < -0.39 is 5.82 Å².